The van der Waals surface area contributed by atoms with Crippen LogP contribution in [0.4, 0.5) is 13.2 Å². The summed E-state index contributed by atoms with van der Waals surface area (Å²) in [7, 11) is -4.38. The maximum absolute atomic E-state index is 13.9. The van der Waals surface area contributed by atoms with E-state index in [0.717, 1.165) is 6.42 Å². The number of likely N-dealkylation sites (N-methyl/N-ethyl adjacent to an activating group) is 1. The van der Waals surface area contributed by atoms with Crippen LogP contribution in [0.15, 0.2) is 71.0 Å². The molecule has 15 heteroatoms. The fourth-order valence-corrected chi connectivity index (χ4v) is 8.52. The van der Waals surface area contributed by atoms with Gasteiger partial charge in [0.05, 0.1) is 22.5 Å². The molecule has 2 unspecified atom stereocenters. The van der Waals surface area contributed by atoms with Crippen molar-refractivity contribution in [3.63, 3.8) is 0 Å². The molecule has 0 bridgehead atoms. The first kappa shape index (κ1) is 37.9. The molecule has 1 aromatic carbocycles. The minimum atomic E-state index is -4.25. The third-order valence-electron chi connectivity index (χ3n) is 10.8. The van der Waals surface area contributed by atoms with Gasteiger partial charge in [-0.3, -0.25) is 4.79 Å². The fourth-order valence-electron chi connectivity index (χ4n) is 6.45. The topological polar surface area (TPSA) is 106 Å². The number of halogens is 3. The van der Waals surface area contributed by atoms with E-state index >= 15 is 0 Å². The molecule has 276 valence electrons. The number of aromatic nitrogens is 2. The molecular weight excluding hydrogens is 688 g/mol. The predicted octanol–water partition coefficient (Wildman–Crippen LogP) is 6.83. The minimum absolute atomic E-state index is 0.0298. The van der Waals surface area contributed by atoms with Crippen molar-refractivity contribution in [2.24, 2.45) is 11.3 Å². The number of benzene rings is 1. The smallest absolute Gasteiger partial charge is 0.394 e. The zero-order chi connectivity index (χ0) is 36.9. The lowest BCUT2D eigenvalue weighted by atomic mass is 9.96. The standard InChI is InChI=1S/C35H50F3N5O5SSi/c1-32(2,3)50(7,8)48-24-25-22-33(4,5)42(23-25)31-27(30(44)40-49(45,46)26-12-10-9-11-13-26)14-15-29(41(31)6)43-20-16-28(39-43)47-21-19-34(17-18-34)35(36,37)38/h9-16,20,25,29H,17-19,21-24H2,1-8H3,(H,40,44). The summed E-state index contributed by atoms with van der Waals surface area (Å²) in [5.41, 5.74) is -1.92. The van der Waals surface area contributed by atoms with E-state index in [9.17, 15) is 26.4 Å². The number of alkyl halides is 3. The second-order valence-electron chi connectivity index (χ2n) is 15.9. The van der Waals surface area contributed by atoms with Gasteiger partial charge in [0.2, 0.25) is 5.88 Å². The van der Waals surface area contributed by atoms with Crippen LogP contribution in [0.3, 0.4) is 0 Å². The van der Waals surface area contributed by atoms with Crippen molar-refractivity contribution in [1.29, 1.82) is 0 Å². The molecule has 3 heterocycles. The van der Waals surface area contributed by atoms with Crippen molar-refractivity contribution < 1.29 is 35.5 Å². The number of nitrogens with one attached hydrogen (secondary N) is 1. The first-order valence-electron chi connectivity index (χ1n) is 17.0. The Kier molecular flexibility index (Phi) is 10.1. The van der Waals surface area contributed by atoms with Gasteiger partial charge < -0.3 is 19.0 Å². The first-order valence-corrected chi connectivity index (χ1v) is 21.4. The van der Waals surface area contributed by atoms with Crippen LogP contribution in [0.2, 0.25) is 18.1 Å². The summed E-state index contributed by atoms with van der Waals surface area (Å²) in [6.07, 6.45) is 1.08. The van der Waals surface area contributed by atoms with Gasteiger partial charge in [-0.25, -0.2) is 17.8 Å². The van der Waals surface area contributed by atoms with Gasteiger partial charge in [0.1, 0.15) is 12.0 Å². The Labute approximate surface area is 294 Å². The van der Waals surface area contributed by atoms with Crippen LogP contribution in [0.25, 0.3) is 0 Å². The summed E-state index contributed by atoms with van der Waals surface area (Å²) in [6.45, 7) is 16.2. The number of nitrogens with zero attached hydrogens (tertiary/aromatic N) is 4. The molecule has 2 aliphatic heterocycles. The fraction of sp³-hybridized carbons (Fsp3) is 0.600. The van der Waals surface area contributed by atoms with Gasteiger partial charge in [-0.05, 0) is 81.9 Å². The number of hydrogen-bond donors (Lipinski definition) is 1. The van der Waals surface area contributed by atoms with Crippen molar-refractivity contribution >= 4 is 24.2 Å². The Bertz CT molecular complexity index is 1730. The molecule has 3 aliphatic rings. The van der Waals surface area contributed by atoms with E-state index in [1.54, 1.807) is 54.3 Å². The number of carbonyl (C=O) groups excluding carboxylic acids is 1. The zero-order valence-electron chi connectivity index (χ0n) is 30.2. The summed E-state index contributed by atoms with van der Waals surface area (Å²) in [6, 6.07) is 9.31. The number of likely N-dealkylation sites (tertiary alicyclic amines) is 1. The third kappa shape index (κ3) is 7.79. The zero-order valence-corrected chi connectivity index (χ0v) is 32.0. The van der Waals surface area contributed by atoms with Crippen LogP contribution in [-0.2, 0) is 19.2 Å². The first-order chi connectivity index (χ1) is 23.1. The van der Waals surface area contributed by atoms with Crippen LogP contribution in [0, 0.1) is 11.3 Å². The Morgan fingerprint density at radius 1 is 1.10 bits per heavy atom. The van der Waals surface area contributed by atoms with Crippen molar-refractivity contribution in [3.05, 3.63) is 66.1 Å². The van der Waals surface area contributed by atoms with Gasteiger partial charge in [0.15, 0.2) is 8.32 Å². The number of rotatable bonds is 12. The molecule has 2 atom stereocenters. The largest absolute Gasteiger partial charge is 0.477 e. The Hall–Kier alpha value is -3.30. The van der Waals surface area contributed by atoms with E-state index in [0.29, 0.717) is 19.0 Å². The van der Waals surface area contributed by atoms with Gasteiger partial charge in [0.25, 0.3) is 15.9 Å². The lowest BCUT2D eigenvalue weighted by Gasteiger charge is -2.44. The van der Waals surface area contributed by atoms with Crippen LogP contribution in [0.1, 0.15) is 66.5 Å². The van der Waals surface area contributed by atoms with Crippen molar-refractivity contribution in [3.8, 4) is 5.88 Å². The van der Waals surface area contributed by atoms with Crippen LogP contribution in [0.5, 0.6) is 5.88 Å². The molecular formula is C35H50F3N5O5SSi. The monoisotopic (exact) mass is 737 g/mol. The van der Waals surface area contributed by atoms with E-state index in [1.165, 1.54) is 12.1 Å². The molecule has 2 fully saturated rings. The number of hydrogen-bond acceptors (Lipinski definition) is 8. The van der Waals surface area contributed by atoms with E-state index in [1.807, 2.05) is 4.90 Å². The molecule has 0 radical (unpaired) electrons. The number of ether oxygens (including phenoxy) is 1. The molecule has 1 aromatic heterocycles. The second kappa shape index (κ2) is 13.3. The normalized spacial score (nSPS) is 22.2. The van der Waals surface area contributed by atoms with Crippen LogP contribution >= 0.6 is 0 Å². The lowest BCUT2D eigenvalue weighted by Crippen LogP contribution is -2.47. The number of sulfonamides is 1. The highest BCUT2D eigenvalue weighted by Gasteiger charge is 2.62. The predicted molar refractivity (Wildman–Crippen MR) is 187 cm³/mol. The highest BCUT2D eigenvalue weighted by molar-refractivity contribution is 7.90. The molecule has 0 spiro atoms. The molecule has 2 aromatic rings. The molecule has 5 rings (SSSR count). The Morgan fingerprint density at radius 2 is 1.76 bits per heavy atom. The van der Waals surface area contributed by atoms with E-state index in [2.05, 4.69) is 62.4 Å². The van der Waals surface area contributed by atoms with Crippen LogP contribution < -0.4 is 9.46 Å². The second-order valence-corrected chi connectivity index (χ2v) is 22.4. The van der Waals surface area contributed by atoms with E-state index in [-0.39, 0.29) is 53.2 Å². The SMILES string of the molecule is CN1C(N2CC(CO[Si](C)(C)C(C)(C)C)CC2(C)C)=C(C(=O)NS(=O)(=O)c2ccccc2)C=CC1n1ccc(OCCC2(C(F)(F)F)CC2)n1. The maximum atomic E-state index is 13.9. The van der Waals surface area contributed by atoms with Crippen LogP contribution in [-0.4, -0.2) is 80.7 Å². The summed E-state index contributed by atoms with van der Waals surface area (Å²) in [5.74, 6) is 0.0947. The van der Waals surface area contributed by atoms with E-state index < -0.39 is 47.5 Å². The minimum Gasteiger partial charge on any atom is -0.477 e. The molecule has 1 amide bonds. The average molecular weight is 738 g/mol. The highest BCUT2D eigenvalue weighted by Crippen LogP contribution is 2.59. The average Bonchev–Trinajstić information content (AvgIpc) is 3.57. The maximum Gasteiger partial charge on any atom is 0.394 e. The highest BCUT2D eigenvalue weighted by atomic mass is 32.2. The third-order valence-corrected chi connectivity index (χ3v) is 16.6. The number of amides is 1. The molecule has 1 aliphatic carbocycles. The Morgan fingerprint density at radius 3 is 2.36 bits per heavy atom. The number of carbonyl (C=O) groups is 1. The molecule has 1 N–H and O–H groups in total. The van der Waals surface area contributed by atoms with Gasteiger partial charge in [-0.15, -0.1) is 5.10 Å². The van der Waals surface area contributed by atoms with Gasteiger partial charge in [0, 0.05) is 43.9 Å². The van der Waals surface area contributed by atoms with Crippen molar-refractivity contribution in [2.45, 2.75) is 101 Å². The molecule has 1 saturated carbocycles. The summed E-state index contributed by atoms with van der Waals surface area (Å²) in [4.78, 5) is 17.9. The van der Waals surface area contributed by atoms with Crippen molar-refractivity contribution in [2.75, 3.05) is 26.8 Å². The molecule has 10 nitrogen and oxygen atoms in total. The summed E-state index contributed by atoms with van der Waals surface area (Å²) in [5, 5.41) is 4.56. The van der Waals surface area contributed by atoms with Gasteiger partial charge in [-0.1, -0.05) is 39.0 Å². The Balaban J connectivity index is 1.41. The van der Waals surface area contributed by atoms with Gasteiger partial charge >= 0.3 is 6.18 Å². The lowest BCUT2D eigenvalue weighted by molar-refractivity contribution is -0.190. The molecule has 1 saturated heterocycles. The van der Waals surface area contributed by atoms with E-state index in [4.69, 9.17) is 9.16 Å². The summed E-state index contributed by atoms with van der Waals surface area (Å²) >= 11 is 0. The quantitative estimate of drug-likeness (QED) is 0.237. The van der Waals surface area contributed by atoms with Crippen molar-refractivity contribution in [1.82, 2.24) is 24.3 Å². The molecule has 50 heavy (non-hydrogen) atoms. The summed E-state index contributed by atoms with van der Waals surface area (Å²) < 4.78 is 82.8. The van der Waals surface area contributed by atoms with Gasteiger partial charge in [-0.2, -0.15) is 13.2 Å².